The van der Waals surface area contributed by atoms with Gasteiger partial charge < -0.3 is 5.32 Å². The van der Waals surface area contributed by atoms with Crippen LogP contribution in [0.1, 0.15) is 24.9 Å². The molecule has 0 aliphatic carbocycles. The van der Waals surface area contributed by atoms with Crippen molar-refractivity contribution in [3.8, 4) is 0 Å². The van der Waals surface area contributed by atoms with Crippen LogP contribution >= 0.6 is 11.3 Å². The van der Waals surface area contributed by atoms with E-state index in [0.717, 1.165) is 5.01 Å². The lowest BCUT2D eigenvalue weighted by atomic mass is 10.2. The van der Waals surface area contributed by atoms with Crippen LogP contribution in [-0.2, 0) is 4.79 Å². The summed E-state index contributed by atoms with van der Waals surface area (Å²) < 4.78 is 1.86. The van der Waals surface area contributed by atoms with E-state index in [0.29, 0.717) is 5.13 Å². The van der Waals surface area contributed by atoms with Gasteiger partial charge in [0.15, 0.2) is 0 Å². The predicted molar refractivity (Wildman–Crippen MR) is 77.7 cm³/mol. The molecule has 0 spiro atoms. The molecule has 0 saturated carbocycles. The third kappa shape index (κ3) is 3.84. The van der Waals surface area contributed by atoms with Gasteiger partial charge in [-0.1, -0.05) is 11.3 Å². The molecule has 0 bridgehead atoms. The fourth-order valence-electron chi connectivity index (χ4n) is 1.69. The molecule has 2 aromatic heterocycles. The smallest absolute Gasteiger partial charge is 0.240 e. The molecule has 2 rings (SSSR count). The van der Waals surface area contributed by atoms with Crippen molar-refractivity contribution in [2.45, 2.75) is 32.9 Å². The van der Waals surface area contributed by atoms with Crippen molar-refractivity contribution in [2.75, 3.05) is 11.9 Å². The molecule has 0 fully saturated rings. The first-order valence-corrected chi connectivity index (χ1v) is 7.20. The van der Waals surface area contributed by atoms with Crippen LogP contribution in [-0.4, -0.2) is 38.5 Å². The molecule has 2 aromatic rings. The molecule has 20 heavy (non-hydrogen) atoms. The summed E-state index contributed by atoms with van der Waals surface area (Å²) >= 11 is 1.36. The fraction of sp³-hybridized carbons (Fsp3) is 0.500. The highest BCUT2D eigenvalue weighted by molar-refractivity contribution is 7.15. The van der Waals surface area contributed by atoms with E-state index in [1.54, 1.807) is 6.20 Å². The molecule has 0 aromatic carbocycles. The molecule has 8 heteroatoms. The first-order chi connectivity index (χ1) is 9.56. The summed E-state index contributed by atoms with van der Waals surface area (Å²) in [6.07, 6.45) is 3.65. The fourth-order valence-corrected chi connectivity index (χ4v) is 2.29. The molecule has 2 heterocycles. The number of rotatable bonds is 6. The Kier molecular flexibility index (Phi) is 4.80. The van der Waals surface area contributed by atoms with E-state index < -0.39 is 0 Å². The van der Waals surface area contributed by atoms with Gasteiger partial charge in [0.2, 0.25) is 11.0 Å². The second kappa shape index (κ2) is 6.58. The second-order valence-corrected chi connectivity index (χ2v) is 5.75. The van der Waals surface area contributed by atoms with Crippen LogP contribution in [0.25, 0.3) is 0 Å². The number of anilines is 1. The number of amides is 1. The summed E-state index contributed by atoms with van der Waals surface area (Å²) in [7, 11) is 0. The Labute approximate surface area is 121 Å². The summed E-state index contributed by atoms with van der Waals surface area (Å²) in [5, 5.41) is 19.1. The first-order valence-electron chi connectivity index (χ1n) is 6.38. The molecular formula is C12H18N6OS. The molecule has 7 nitrogen and oxygen atoms in total. The summed E-state index contributed by atoms with van der Waals surface area (Å²) in [6.45, 7) is 6.15. The van der Waals surface area contributed by atoms with Gasteiger partial charge in [-0.2, -0.15) is 5.10 Å². The highest BCUT2D eigenvalue weighted by Crippen LogP contribution is 2.13. The summed E-state index contributed by atoms with van der Waals surface area (Å²) in [5.41, 5.74) is 0. The second-order valence-electron chi connectivity index (χ2n) is 4.57. The Morgan fingerprint density at radius 3 is 2.85 bits per heavy atom. The zero-order valence-electron chi connectivity index (χ0n) is 11.7. The third-order valence-corrected chi connectivity index (χ3v) is 3.78. The lowest BCUT2D eigenvalue weighted by Crippen LogP contribution is -2.39. The number of hydrogen-bond acceptors (Lipinski definition) is 6. The maximum atomic E-state index is 11.8. The van der Waals surface area contributed by atoms with Gasteiger partial charge in [0.25, 0.3) is 0 Å². The number of aryl methyl sites for hydroxylation is 1. The van der Waals surface area contributed by atoms with E-state index in [9.17, 15) is 4.79 Å². The molecule has 0 saturated heterocycles. The molecule has 0 aliphatic rings. The maximum absolute atomic E-state index is 11.8. The van der Waals surface area contributed by atoms with E-state index in [1.165, 1.54) is 11.3 Å². The van der Waals surface area contributed by atoms with E-state index in [4.69, 9.17) is 0 Å². The lowest BCUT2D eigenvalue weighted by molar-refractivity contribution is -0.115. The van der Waals surface area contributed by atoms with E-state index in [-0.39, 0.29) is 24.5 Å². The van der Waals surface area contributed by atoms with Crippen molar-refractivity contribution >= 4 is 22.4 Å². The van der Waals surface area contributed by atoms with Crippen LogP contribution in [0.4, 0.5) is 5.13 Å². The third-order valence-electron chi connectivity index (χ3n) is 3.02. The lowest BCUT2D eigenvalue weighted by Gasteiger charge is -2.21. The van der Waals surface area contributed by atoms with Crippen molar-refractivity contribution in [1.29, 1.82) is 0 Å². The van der Waals surface area contributed by atoms with E-state index in [1.807, 2.05) is 30.8 Å². The summed E-state index contributed by atoms with van der Waals surface area (Å²) in [5.74, 6) is -0.124. The number of aromatic nitrogens is 4. The summed E-state index contributed by atoms with van der Waals surface area (Å²) in [6, 6.07) is 2.17. The normalized spacial score (nSPS) is 13.9. The standard InChI is InChI=1S/C12H18N6OS/c1-8(9(2)18-6-4-5-14-18)13-7-11(19)15-12-17-16-10(3)20-12/h4-6,8-9,13H,7H2,1-3H3,(H,15,17,19)/t8-,9-/m0/s1. The van der Waals surface area contributed by atoms with Crippen molar-refractivity contribution in [1.82, 2.24) is 25.3 Å². The van der Waals surface area contributed by atoms with Gasteiger partial charge in [-0.3, -0.25) is 14.8 Å². The van der Waals surface area contributed by atoms with Crippen LogP contribution in [0.2, 0.25) is 0 Å². The number of carbonyl (C=O) groups is 1. The van der Waals surface area contributed by atoms with Crippen LogP contribution < -0.4 is 10.6 Å². The van der Waals surface area contributed by atoms with Gasteiger partial charge in [-0.25, -0.2) is 0 Å². The zero-order valence-corrected chi connectivity index (χ0v) is 12.5. The van der Waals surface area contributed by atoms with Gasteiger partial charge in [-0.15, -0.1) is 10.2 Å². The van der Waals surface area contributed by atoms with Crippen molar-refractivity contribution in [3.63, 3.8) is 0 Å². The molecule has 2 atom stereocenters. The van der Waals surface area contributed by atoms with Crippen LogP contribution in [0.3, 0.4) is 0 Å². The zero-order chi connectivity index (χ0) is 14.5. The Morgan fingerprint density at radius 1 is 1.45 bits per heavy atom. The Hall–Kier alpha value is -1.80. The van der Waals surface area contributed by atoms with Crippen molar-refractivity contribution < 1.29 is 4.79 Å². The van der Waals surface area contributed by atoms with Crippen molar-refractivity contribution in [2.24, 2.45) is 0 Å². The largest absolute Gasteiger partial charge is 0.304 e. The average molecular weight is 294 g/mol. The molecule has 2 N–H and O–H groups in total. The molecule has 0 radical (unpaired) electrons. The average Bonchev–Trinajstić information content (AvgIpc) is 3.07. The number of hydrogen-bond donors (Lipinski definition) is 2. The van der Waals surface area contributed by atoms with Gasteiger partial charge in [-0.05, 0) is 26.8 Å². The molecule has 108 valence electrons. The maximum Gasteiger partial charge on any atom is 0.240 e. The molecule has 1 amide bonds. The van der Waals surface area contributed by atoms with Gasteiger partial charge in [0.05, 0.1) is 12.6 Å². The quantitative estimate of drug-likeness (QED) is 0.837. The van der Waals surface area contributed by atoms with Gasteiger partial charge >= 0.3 is 0 Å². The SMILES string of the molecule is Cc1nnc(NC(=O)CN[C@@H](C)[C@H](C)n2cccn2)s1. The summed E-state index contributed by atoms with van der Waals surface area (Å²) in [4.78, 5) is 11.8. The van der Waals surface area contributed by atoms with Crippen molar-refractivity contribution in [3.05, 3.63) is 23.5 Å². The Morgan fingerprint density at radius 2 is 2.25 bits per heavy atom. The topological polar surface area (TPSA) is 84.7 Å². The number of carbonyl (C=O) groups excluding carboxylic acids is 1. The number of nitrogens with one attached hydrogen (secondary N) is 2. The van der Waals surface area contributed by atoms with E-state index in [2.05, 4.69) is 32.9 Å². The van der Waals surface area contributed by atoms with Gasteiger partial charge in [0.1, 0.15) is 5.01 Å². The minimum atomic E-state index is -0.124. The van der Waals surface area contributed by atoms with Gasteiger partial charge in [0, 0.05) is 18.4 Å². The highest BCUT2D eigenvalue weighted by atomic mass is 32.1. The van der Waals surface area contributed by atoms with E-state index >= 15 is 0 Å². The predicted octanol–water partition coefficient (Wildman–Crippen LogP) is 1.22. The molecule has 0 unspecified atom stereocenters. The van der Waals surface area contributed by atoms with Crippen LogP contribution in [0.5, 0.6) is 0 Å². The van der Waals surface area contributed by atoms with Crippen LogP contribution in [0.15, 0.2) is 18.5 Å². The molecule has 0 aliphatic heterocycles. The van der Waals surface area contributed by atoms with Crippen LogP contribution in [0, 0.1) is 6.92 Å². The highest BCUT2D eigenvalue weighted by Gasteiger charge is 2.15. The Bertz CT molecular complexity index is 552. The minimum absolute atomic E-state index is 0.122. The minimum Gasteiger partial charge on any atom is -0.304 e. The first kappa shape index (κ1) is 14.6. The Balaban J connectivity index is 1.78. The monoisotopic (exact) mass is 294 g/mol. The molecular weight excluding hydrogens is 276 g/mol. The number of nitrogens with zero attached hydrogens (tertiary/aromatic N) is 4.